The van der Waals surface area contributed by atoms with E-state index in [1.165, 1.54) is 24.3 Å². The highest BCUT2D eigenvalue weighted by Crippen LogP contribution is 2.30. The number of benzene rings is 2. The van der Waals surface area contributed by atoms with E-state index in [4.69, 9.17) is 37.7 Å². The number of furan rings is 1. The molecule has 280 valence electrons. The molecule has 0 saturated carbocycles. The van der Waals surface area contributed by atoms with Gasteiger partial charge in [0.05, 0.1) is 6.54 Å². The average Bonchev–Trinajstić information content (AvgIpc) is 3.44. The van der Waals surface area contributed by atoms with Gasteiger partial charge in [0.2, 0.25) is 6.29 Å². The molecule has 1 saturated heterocycles. The van der Waals surface area contributed by atoms with Crippen molar-refractivity contribution >= 4 is 46.7 Å². The lowest BCUT2D eigenvalue weighted by Gasteiger charge is -2.43. The first-order chi connectivity index (χ1) is 24.7. The molecular weight excluding hydrogens is 686 g/mol. The van der Waals surface area contributed by atoms with E-state index in [9.17, 15) is 28.8 Å². The van der Waals surface area contributed by atoms with Gasteiger partial charge in [-0.1, -0.05) is 18.2 Å². The molecule has 2 aromatic carbocycles. The summed E-state index contributed by atoms with van der Waals surface area (Å²) in [7, 11) is 3.81. The molecule has 17 nitrogen and oxygen atoms in total. The van der Waals surface area contributed by atoms with Gasteiger partial charge < -0.3 is 43.1 Å². The average molecular weight is 728 g/mol. The van der Waals surface area contributed by atoms with Gasteiger partial charge in [0.1, 0.15) is 30.7 Å². The number of carbonyl (C=O) groups is 6. The molecule has 3 aromatic rings. The molecule has 1 aliphatic heterocycles. The summed E-state index contributed by atoms with van der Waals surface area (Å²) < 4.78 is 38.4. The quantitative estimate of drug-likeness (QED) is 0.0994. The van der Waals surface area contributed by atoms with Crippen LogP contribution in [0.25, 0.3) is 11.0 Å². The molecule has 0 radical (unpaired) electrons. The fourth-order valence-electron chi connectivity index (χ4n) is 5.33. The number of hydrogen-bond donors (Lipinski definition) is 2. The fourth-order valence-corrected chi connectivity index (χ4v) is 5.33. The number of nitrogens with zero attached hydrogens (tertiary/aromatic N) is 1. The van der Waals surface area contributed by atoms with Crippen molar-refractivity contribution < 1.29 is 66.4 Å². The summed E-state index contributed by atoms with van der Waals surface area (Å²) in [6.45, 7) is 4.73. The van der Waals surface area contributed by atoms with Crippen LogP contribution in [0.1, 0.15) is 54.2 Å². The number of hydroxylamine groups is 1. The summed E-state index contributed by atoms with van der Waals surface area (Å²) in [5.41, 5.74) is 3.73. The molecule has 1 fully saturated rings. The molecule has 1 aliphatic rings. The molecule has 2 heterocycles. The van der Waals surface area contributed by atoms with Crippen molar-refractivity contribution in [1.82, 2.24) is 15.7 Å². The topological polar surface area (TPSA) is 207 Å². The zero-order valence-electron chi connectivity index (χ0n) is 29.5. The van der Waals surface area contributed by atoms with Crippen LogP contribution in [0.3, 0.4) is 0 Å². The molecular formula is C35H41N3O14. The van der Waals surface area contributed by atoms with Crippen LogP contribution in [0.5, 0.6) is 5.75 Å². The molecule has 1 aromatic heterocycles. The van der Waals surface area contributed by atoms with E-state index in [0.29, 0.717) is 17.9 Å². The molecule has 17 heteroatoms. The van der Waals surface area contributed by atoms with Crippen LogP contribution in [0, 0.1) is 0 Å². The summed E-state index contributed by atoms with van der Waals surface area (Å²) in [6, 6.07) is 13.4. The lowest BCUT2D eigenvalue weighted by Crippen LogP contribution is -2.63. The van der Waals surface area contributed by atoms with E-state index in [1.807, 2.05) is 37.2 Å². The van der Waals surface area contributed by atoms with Crippen LogP contribution in [0.15, 0.2) is 52.9 Å². The van der Waals surface area contributed by atoms with E-state index in [1.54, 1.807) is 6.07 Å². The normalized spacial score (nSPS) is 19.7. The Morgan fingerprint density at radius 3 is 2.04 bits per heavy atom. The van der Waals surface area contributed by atoms with Crippen LogP contribution in [-0.4, -0.2) is 105 Å². The second kappa shape index (κ2) is 18.1. The summed E-state index contributed by atoms with van der Waals surface area (Å²) >= 11 is 0. The van der Waals surface area contributed by atoms with Crippen LogP contribution in [-0.2, 0) is 54.2 Å². The predicted molar refractivity (Wildman–Crippen MR) is 178 cm³/mol. The number of carbonyl (C=O) groups excluding carboxylic acids is 6. The minimum absolute atomic E-state index is 0.118. The van der Waals surface area contributed by atoms with Gasteiger partial charge in [0.15, 0.2) is 24.1 Å². The monoisotopic (exact) mass is 727 g/mol. The maximum atomic E-state index is 13.0. The highest BCUT2D eigenvalue weighted by molar-refractivity contribution is 5.99. The van der Waals surface area contributed by atoms with Crippen molar-refractivity contribution in [3.05, 3.63) is 65.4 Å². The zero-order valence-corrected chi connectivity index (χ0v) is 29.5. The second-order valence-corrected chi connectivity index (χ2v) is 11.9. The summed E-state index contributed by atoms with van der Waals surface area (Å²) in [6.07, 6.45) is -7.25. The Balaban J connectivity index is 1.36. The first-order valence-corrected chi connectivity index (χ1v) is 16.2. The first-order valence-electron chi connectivity index (χ1n) is 16.2. The summed E-state index contributed by atoms with van der Waals surface area (Å²) in [4.78, 5) is 80.8. The van der Waals surface area contributed by atoms with Crippen LogP contribution in [0.2, 0.25) is 0 Å². The summed E-state index contributed by atoms with van der Waals surface area (Å²) in [5.74, 6) is -3.60. The van der Waals surface area contributed by atoms with E-state index < -0.39 is 67.1 Å². The van der Waals surface area contributed by atoms with Gasteiger partial charge in [-0.2, -0.15) is 0 Å². The maximum Gasteiger partial charge on any atom is 0.303 e. The molecule has 0 aliphatic carbocycles. The first kappa shape index (κ1) is 39.3. The van der Waals surface area contributed by atoms with Crippen LogP contribution in [0.4, 0.5) is 0 Å². The molecule has 4 rings (SSSR count). The molecule has 0 spiro atoms. The van der Waals surface area contributed by atoms with E-state index in [2.05, 4.69) is 10.8 Å². The molecule has 2 amide bonds. The van der Waals surface area contributed by atoms with Crippen molar-refractivity contribution in [2.45, 2.75) is 64.9 Å². The van der Waals surface area contributed by atoms with Crippen LogP contribution >= 0.6 is 0 Å². The number of nitrogens with one attached hydrogen (secondary N) is 2. The molecule has 0 unspecified atom stereocenters. The van der Waals surface area contributed by atoms with Gasteiger partial charge in [-0.3, -0.25) is 28.8 Å². The Labute approximate surface area is 298 Å². The number of amides is 2. The van der Waals surface area contributed by atoms with Gasteiger partial charge in [-0.15, -0.1) is 0 Å². The van der Waals surface area contributed by atoms with Crippen molar-refractivity contribution in [2.75, 3.05) is 33.9 Å². The molecule has 2 N–H and O–H groups in total. The van der Waals surface area contributed by atoms with Crippen molar-refractivity contribution in [1.29, 1.82) is 0 Å². The number of rotatable bonds is 15. The van der Waals surface area contributed by atoms with Crippen molar-refractivity contribution in [2.24, 2.45) is 0 Å². The summed E-state index contributed by atoms with van der Waals surface area (Å²) in [5, 5.41) is 3.67. The Kier molecular flexibility index (Phi) is 13.7. The number of fused-ring (bicyclic) bond motifs is 1. The SMILES string of the molecule is CC(=O)OC[C@H]1O[C@@H](ONC(=O)c2ccc(OCCNC(=O)c3oc4ccccc4c3CN(C)C)cc2)[C@H](OC(C)=O)[C@@H](OC(C)=O)[C@H]1OC(C)=O. The van der Waals surface area contributed by atoms with Crippen molar-refractivity contribution in [3.63, 3.8) is 0 Å². The van der Waals surface area contributed by atoms with E-state index in [0.717, 1.165) is 38.6 Å². The van der Waals surface area contributed by atoms with Gasteiger partial charge in [0, 0.05) is 50.8 Å². The zero-order chi connectivity index (χ0) is 37.9. The number of para-hydroxylation sites is 1. The molecule has 5 atom stereocenters. The Morgan fingerprint density at radius 1 is 0.769 bits per heavy atom. The number of ether oxygens (including phenoxy) is 6. The number of esters is 4. The minimum Gasteiger partial charge on any atom is -0.492 e. The molecule has 0 bridgehead atoms. The standard InChI is InChI=1S/C35H41N3O14/c1-19(39)46-18-28-30(47-20(2)40)31(48-21(3)41)32(49-22(4)42)35(51-28)52-37-33(43)23-11-13-24(14-12-23)45-16-15-36-34(44)29-26(17-38(5)6)25-9-7-8-10-27(25)50-29/h7-14,28,30-32,35H,15-18H2,1-6H3,(H,36,44)(H,37,43)/t28-,30+,31+,32-,35+/m1/s1. The maximum absolute atomic E-state index is 13.0. The van der Waals surface area contributed by atoms with Crippen LogP contribution < -0.4 is 15.5 Å². The van der Waals surface area contributed by atoms with E-state index >= 15 is 0 Å². The van der Waals surface area contributed by atoms with Gasteiger partial charge in [-0.05, 0) is 44.4 Å². The highest BCUT2D eigenvalue weighted by Gasteiger charge is 2.53. The highest BCUT2D eigenvalue weighted by atomic mass is 16.8. The van der Waals surface area contributed by atoms with Gasteiger partial charge in [-0.25, -0.2) is 10.3 Å². The minimum atomic E-state index is -1.61. The Bertz CT molecular complexity index is 1750. The third-order valence-electron chi connectivity index (χ3n) is 7.37. The predicted octanol–water partition coefficient (Wildman–Crippen LogP) is 2.05. The lowest BCUT2D eigenvalue weighted by atomic mass is 9.98. The lowest BCUT2D eigenvalue weighted by molar-refractivity contribution is -0.317. The van der Waals surface area contributed by atoms with Gasteiger partial charge >= 0.3 is 23.9 Å². The largest absolute Gasteiger partial charge is 0.492 e. The fraction of sp³-hybridized carbons (Fsp3) is 0.429. The van der Waals surface area contributed by atoms with Crippen molar-refractivity contribution in [3.8, 4) is 5.75 Å². The third-order valence-corrected chi connectivity index (χ3v) is 7.37. The Morgan fingerprint density at radius 2 is 1.40 bits per heavy atom. The van der Waals surface area contributed by atoms with Gasteiger partial charge in [0.25, 0.3) is 11.8 Å². The Hall–Kier alpha value is -5.52. The second-order valence-electron chi connectivity index (χ2n) is 11.9. The number of hydrogen-bond acceptors (Lipinski definition) is 15. The van der Waals surface area contributed by atoms with E-state index in [-0.39, 0.29) is 30.4 Å². The smallest absolute Gasteiger partial charge is 0.303 e. The third kappa shape index (κ3) is 10.7. The molecule has 52 heavy (non-hydrogen) atoms.